The maximum atomic E-state index is 12.6. The molecule has 3 aromatic rings. The van der Waals surface area contributed by atoms with Crippen molar-refractivity contribution in [2.24, 2.45) is 0 Å². The summed E-state index contributed by atoms with van der Waals surface area (Å²) in [6.45, 7) is 7.26. The molecule has 1 aliphatic heterocycles. The van der Waals surface area contributed by atoms with E-state index in [9.17, 15) is 4.79 Å². The highest BCUT2D eigenvalue weighted by Gasteiger charge is 2.31. The Labute approximate surface area is 176 Å². The van der Waals surface area contributed by atoms with Crippen molar-refractivity contribution in [1.29, 1.82) is 0 Å². The molecule has 1 atom stereocenters. The number of aromatic nitrogens is 2. The number of nitrogens with zero attached hydrogens (tertiary/aromatic N) is 2. The van der Waals surface area contributed by atoms with Crippen molar-refractivity contribution in [1.82, 2.24) is 9.78 Å². The van der Waals surface area contributed by atoms with E-state index in [1.807, 2.05) is 62.5 Å². The van der Waals surface area contributed by atoms with Gasteiger partial charge in [0.05, 0.1) is 25.1 Å². The summed E-state index contributed by atoms with van der Waals surface area (Å²) in [6, 6.07) is 14.0. The first-order valence-electron chi connectivity index (χ1n) is 10.4. The van der Waals surface area contributed by atoms with Gasteiger partial charge in [-0.15, -0.1) is 0 Å². The first-order chi connectivity index (χ1) is 14.6. The van der Waals surface area contributed by atoms with Crippen molar-refractivity contribution in [2.45, 2.75) is 39.5 Å². The average molecular weight is 405 g/mol. The lowest BCUT2D eigenvalue weighted by molar-refractivity contribution is -0.116. The van der Waals surface area contributed by atoms with Crippen LogP contribution in [0.4, 0.5) is 5.82 Å². The Kier molecular flexibility index (Phi) is 5.74. The molecule has 6 nitrogen and oxygen atoms in total. The third-order valence-corrected chi connectivity index (χ3v) is 5.23. The van der Waals surface area contributed by atoms with Gasteiger partial charge >= 0.3 is 0 Å². The van der Waals surface area contributed by atoms with Gasteiger partial charge in [0.2, 0.25) is 5.91 Å². The largest absolute Gasteiger partial charge is 0.490 e. The number of amides is 1. The van der Waals surface area contributed by atoms with Crippen LogP contribution in [0.15, 0.2) is 48.7 Å². The lowest BCUT2D eigenvalue weighted by atomic mass is 9.87. The molecule has 156 valence electrons. The number of carbonyl (C=O) groups is 1. The Morgan fingerprint density at radius 1 is 1.10 bits per heavy atom. The standard InChI is InChI=1S/C24H27N3O3/c1-4-12-30-21-11-8-17(13-22(21)29-5-2)19-14-23(28)26-24-20(19)15-25-27(24)18-9-6-16(3)7-10-18/h6-11,13,15,19H,4-5,12,14H2,1-3H3,(H,26,28)/t19-/m0/s1. The predicted molar refractivity (Wildman–Crippen MR) is 117 cm³/mol. The first kappa shape index (κ1) is 20.0. The fourth-order valence-corrected chi connectivity index (χ4v) is 3.74. The van der Waals surface area contributed by atoms with E-state index in [1.54, 1.807) is 4.68 Å². The van der Waals surface area contributed by atoms with Gasteiger partial charge in [0.1, 0.15) is 5.82 Å². The Balaban J connectivity index is 1.72. The fraction of sp³-hybridized carbons (Fsp3) is 0.333. The molecule has 4 rings (SSSR count). The molecule has 2 heterocycles. The molecule has 0 saturated heterocycles. The number of anilines is 1. The molecule has 0 spiro atoms. The van der Waals surface area contributed by atoms with Crippen LogP contribution in [0, 0.1) is 6.92 Å². The zero-order valence-corrected chi connectivity index (χ0v) is 17.6. The zero-order chi connectivity index (χ0) is 21.1. The molecule has 0 aliphatic carbocycles. The zero-order valence-electron chi connectivity index (χ0n) is 17.6. The predicted octanol–water partition coefficient (Wildman–Crippen LogP) is 4.84. The number of benzene rings is 2. The lowest BCUT2D eigenvalue weighted by Crippen LogP contribution is -2.24. The number of rotatable bonds is 7. The number of hydrogen-bond acceptors (Lipinski definition) is 4. The smallest absolute Gasteiger partial charge is 0.226 e. The number of carbonyl (C=O) groups excluding carboxylic acids is 1. The SMILES string of the molecule is CCCOc1ccc([C@@H]2CC(=O)Nc3c2cnn3-c2ccc(C)cc2)cc1OCC. The van der Waals surface area contributed by atoms with Gasteiger partial charge in [0, 0.05) is 17.9 Å². The van der Waals surface area contributed by atoms with E-state index in [0.29, 0.717) is 25.4 Å². The van der Waals surface area contributed by atoms with Crippen molar-refractivity contribution in [3.05, 3.63) is 65.4 Å². The van der Waals surface area contributed by atoms with Crippen LogP contribution in [-0.2, 0) is 4.79 Å². The Morgan fingerprint density at radius 2 is 1.90 bits per heavy atom. The fourth-order valence-electron chi connectivity index (χ4n) is 3.74. The maximum Gasteiger partial charge on any atom is 0.226 e. The lowest BCUT2D eigenvalue weighted by Gasteiger charge is -2.24. The molecule has 1 amide bonds. The van der Waals surface area contributed by atoms with E-state index in [2.05, 4.69) is 17.3 Å². The molecule has 0 radical (unpaired) electrons. The van der Waals surface area contributed by atoms with Gasteiger partial charge in [-0.3, -0.25) is 4.79 Å². The van der Waals surface area contributed by atoms with Crippen molar-refractivity contribution < 1.29 is 14.3 Å². The summed E-state index contributed by atoms with van der Waals surface area (Å²) in [5, 5.41) is 7.58. The number of aryl methyl sites for hydroxylation is 1. The summed E-state index contributed by atoms with van der Waals surface area (Å²) in [5.74, 6) is 2.06. The van der Waals surface area contributed by atoms with Crippen molar-refractivity contribution in [2.75, 3.05) is 18.5 Å². The van der Waals surface area contributed by atoms with Gasteiger partial charge in [-0.1, -0.05) is 30.7 Å². The van der Waals surface area contributed by atoms with E-state index in [1.165, 1.54) is 5.56 Å². The van der Waals surface area contributed by atoms with Gasteiger partial charge < -0.3 is 14.8 Å². The molecule has 2 aromatic carbocycles. The summed E-state index contributed by atoms with van der Waals surface area (Å²) >= 11 is 0. The minimum Gasteiger partial charge on any atom is -0.490 e. The van der Waals surface area contributed by atoms with E-state index in [-0.39, 0.29) is 11.8 Å². The van der Waals surface area contributed by atoms with E-state index in [4.69, 9.17) is 9.47 Å². The van der Waals surface area contributed by atoms with Gasteiger partial charge in [0.25, 0.3) is 0 Å². The molecule has 0 fully saturated rings. The Bertz CT molecular complexity index is 1040. The van der Waals surface area contributed by atoms with E-state index >= 15 is 0 Å². The van der Waals surface area contributed by atoms with Crippen LogP contribution in [0.2, 0.25) is 0 Å². The number of nitrogens with one attached hydrogen (secondary N) is 1. The average Bonchev–Trinajstić information content (AvgIpc) is 3.16. The Hall–Kier alpha value is -3.28. The normalized spacial score (nSPS) is 15.4. The molecule has 1 aliphatic rings. The number of fused-ring (bicyclic) bond motifs is 1. The summed E-state index contributed by atoms with van der Waals surface area (Å²) in [6.07, 6.45) is 3.14. The highest BCUT2D eigenvalue weighted by molar-refractivity contribution is 5.94. The van der Waals surface area contributed by atoms with Crippen LogP contribution in [0.25, 0.3) is 5.69 Å². The van der Waals surface area contributed by atoms with E-state index in [0.717, 1.165) is 34.8 Å². The van der Waals surface area contributed by atoms with Crippen LogP contribution in [0.1, 0.15) is 49.3 Å². The number of hydrogen-bond donors (Lipinski definition) is 1. The molecule has 30 heavy (non-hydrogen) atoms. The van der Waals surface area contributed by atoms with Gasteiger partial charge in [-0.2, -0.15) is 5.10 Å². The summed E-state index contributed by atoms with van der Waals surface area (Å²) in [5.41, 5.74) is 4.11. The maximum absolute atomic E-state index is 12.6. The topological polar surface area (TPSA) is 65.4 Å². The second-order valence-corrected chi connectivity index (χ2v) is 7.49. The summed E-state index contributed by atoms with van der Waals surface area (Å²) in [7, 11) is 0. The molecule has 1 N–H and O–H groups in total. The summed E-state index contributed by atoms with van der Waals surface area (Å²) in [4.78, 5) is 12.6. The third-order valence-electron chi connectivity index (χ3n) is 5.23. The van der Waals surface area contributed by atoms with Gasteiger partial charge in [-0.25, -0.2) is 4.68 Å². The second kappa shape index (κ2) is 8.61. The van der Waals surface area contributed by atoms with E-state index < -0.39 is 0 Å². The van der Waals surface area contributed by atoms with Crippen LogP contribution in [0.3, 0.4) is 0 Å². The van der Waals surface area contributed by atoms with Crippen molar-refractivity contribution in [3.63, 3.8) is 0 Å². The molecule has 0 bridgehead atoms. The third kappa shape index (κ3) is 3.90. The minimum absolute atomic E-state index is 0.0226. The van der Waals surface area contributed by atoms with Gasteiger partial charge in [0.15, 0.2) is 11.5 Å². The van der Waals surface area contributed by atoms with Crippen molar-refractivity contribution in [3.8, 4) is 17.2 Å². The van der Waals surface area contributed by atoms with Crippen LogP contribution < -0.4 is 14.8 Å². The highest BCUT2D eigenvalue weighted by atomic mass is 16.5. The molecular weight excluding hydrogens is 378 g/mol. The molecule has 1 aromatic heterocycles. The monoisotopic (exact) mass is 405 g/mol. The van der Waals surface area contributed by atoms with Crippen LogP contribution >= 0.6 is 0 Å². The number of ether oxygens (including phenoxy) is 2. The molecule has 0 unspecified atom stereocenters. The van der Waals surface area contributed by atoms with Crippen molar-refractivity contribution >= 4 is 11.7 Å². The molecule has 6 heteroatoms. The molecule has 0 saturated carbocycles. The minimum atomic E-state index is -0.0904. The molecular formula is C24H27N3O3. The highest BCUT2D eigenvalue weighted by Crippen LogP contribution is 2.40. The van der Waals surface area contributed by atoms with Gasteiger partial charge in [-0.05, 0) is 50.1 Å². The first-order valence-corrected chi connectivity index (χ1v) is 10.4. The summed E-state index contributed by atoms with van der Waals surface area (Å²) < 4.78 is 13.4. The quantitative estimate of drug-likeness (QED) is 0.611. The van der Waals surface area contributed by atoms with Crippen LogP contribution in [-0.4, -0.2) is 28.9 Å². The Morgan fingerprint density at radius 3 is 2.63 bits per heavy atom. The second-order valence-electron chi connectivity index (χ2n) is 7.49. The van der Waals surface area contributed by atoms with Crippen LogP contribution in [0.5, 0.6) is 11.5 Å².